The molecule has 0 spiro atoms. The van der Waals surface area contributed by atoms with Crippen molar-refractivity contribution in [2.24, 2.45) is 0 Å². The molecule has 0 aliphatic carbocycles. The number of rotatable bonds is 4. The van der Waals surface area contributed by atoms with E-state index in [2.05, 4.69) is 11.9 Å². The lowest BCUT2D eigenvalue weighted by Gasteiger charge is -2.09. The fourth-order valence-corrected chi connectivity index (χ4v) is 0.629. The zero-order valence-corrected chi connectivity index (χ0v) is 6.58. The quantitative estimate of drug-likeness (QED) is 0.451. The zero-order chi connectivity index (χ0) is 8.69. The van der Waals surface area contributed by atoms with Crippen molar-refractivity contribution in [1.29, 1.82) is 0 Å². The summed E-state index contributed by atoms with van der Waals surface area (Å²) in [6.45, 7) is 5.02. The van der Waals surface area contributed by atoms with Crippen LogP contribution in [0.25, 0.3) is 0 Å². The molecule has 1 amide bonds. The Morgan fingerprint density at radius 1 is 1.82 bits per heavy atom. The van der Waals surface area contributed by atoms with Gasteiger partial charge in [0.2, 0.25) is 5.91 Å². The van der Waals surface area contributed by atoms with E-state index in [9.17, 15) is 4.79 Å². The molecule has 11 heavy (non-hydrogen) atoms. The molecule has 0 fully saturated rings. The molecule has 3 heteroatoms. The van der Waals surface area contributed by atoms with Gasteiger partial charge >= 0.3 is 0 Å². The normalized spacial score (nSPS) is 12.9. The van der Waals surface area contributed by atoms with Gasteiger partial charge in [-0.2, -0.15) is 0 Å². The predicted octanol–water partition coefficient (Wildman–Crippen LogP) is 0.226. The summed E-state index contributed by atoms with van der Waals surface area (Å²) < 4.78 is 0. The summed E-state index contributed by atoms with van der Waals surface area (Å²) in [7, 11) is 0. The van der Waals surface area contributed by atoms with E-state index in [1.165, 1.54) is 6.08 Å². The fraction of sp³-hybridized carbons (Fsp3) is 0.375. The van der Waals surface area contributed by atoms with Crippen molar-refractivity contribution in [1.82, 2.24) is 5.32 Å². The van der Waals surface area contributed by atoms with Crippen LogP contribution in [0.1, 0.15) is 6.92 Å². The van der Waals surface area contributed by atoms with E-state index in [0.29, 0.717) is 0 Å². The van der Waals surface area contributed by atoms with Crippen molar-refractivity contribution in [3.8, 4) is 0 Å². The molecule has 0 radical (unpaired) electrons. The number of hydrogen-bond donors (Lipinski definition) is 2. The van der Waals surface area contributed by atoms with Crippen molar-refractivity contribution in [3.05, 3.63) is 24.8 Å². The van der Waals surface area contributed by atoms with Gasteiger partial charge in [0, 0.05) is 0 Å². The van der Waals surface area contributed by atoms with Crippen LogP contribution in [0.3, 0.4) is 0 Å². The van der Waals surface area contributed by atoms with Crippen LogP contribution in [0.15, 0.2) is 24.8 Å². The van der Waals surface area contributed by atoms with E-state index in [4.69, 9.17) is 5.11 Å². The maximum Gasteiger partial charge on any atom is 0.243 e. The van der Waals surface area contributed by atoms with Crippen molar-refractivity contribution >= 4 is 5.91 Å². The Balaban J connectivity index is 3.86. The van der Waals surface area contributed by atoms with Crippen LogP contribution in [-0.4, -0.2) is 23.7 Å². The summed E-state index contributed by atoms with van der Waals surface area (Å²) in [4.78, 5) is 10.7. The molecule has 0 saturated heterocycles. The first-order valence-electron chi connectivity index (χ1n) is 3.41. The molecule has 0 heterocycles. The van der Waals surface area contributed by atoms with Gasteiger partial charge in [0.15, 0.2) is 0 Å². The third-order valence-corrected chi connectivity index (χ3v) is 1.13. The second kappa shape index (κ2) is 5.68. The second-order valence-electron chi connectivity index (χ2n) is 2.03. The molecule has 3 nitrogen and oxygen atoms in total. The van der Waals surface area contributed by atoms with E-state index >= 15 is 0 Å². The van der Waals surface area contributed by atoms with Crippen molar-refractivity contribution in [3.63, 3.8) is 0 Å². The number of aliphatic hydroxyl groups is 1. The first-order chi connectivity index (χ1) is 5.24. The van der Waals surface area contributed by atoms with Gasteiger partial charge in [0.25, 0.3) is 0 Å². The maximum atomic E-state index is 10.7. The Morgan fingerprint density at radius 2 is 2.45 bits per heavy atom. The van der Waals surface area contributed by atoms with E-state index < -0.39 is 0 Å². The summed E-state index contributed by atoms with van der Waals surface area (Å²) in [6, 6.07) is -0.300. The molecule has 0 saturated carbocycles. The highest BCUT2D eigenvalue weighted by atomic mass is 16.3. The van der Waals surface area contributed by atoms with Gasteiger partial charge in [0.1, 0.15) is 0 Å². The number of hydrogen-bond acceptors (Lipinski definition) is 2. The highest BCUT2D eigenvalue weighted by molar-refractivity contribution is 5.87. The average Bonchev–Trinajstić information content (AvgIpc) is 2.03. The van der Waals surface area contributed by atoms with Crippen LogP contribution in [0, 0.1) is 0 Å². The summed E-state index contributed by atoms with van der Waals surface area (Å²) in [6.07, 6.45) is 4.65. The van der Waals surface area contributed by atoms with Crippen molar-refractivity contribution in [2.45, 2.75) is 13.0 Å². The molecular weight excluding hydrogens is 142 g/mol. The third kappa shape index (κ3) is 4.33. The van der Waals surface area contributed by atoms with Gasteiger partial charge in [0.05, 0.1) is 12.6 Å². The largest absolute Gasteiger partial charge is 0.394 e. The highest BCUT2D eigenvalue weighted by Gasteiger charge is 2.02. The molecule has 0 aromatic carbocycles. The lowest BCUT2D eigenvalue weighted by atomic mass is 10.3. The van der Waals surface area contributed by atoms with E-state index in [0.717, 1.165) is 0 Å². The fourth-order valence-electron chi connectivity index (χ4n) is 0.629. The third-order valence-electron chi connectivity index (χ3n) is 1.13. The molecule has 0 aromatic heterocycles. The maximum absolute atomic E-state index is 10.7. The molecule has 0 bridgehead atoms. The Kier molecular flexibility index (Phi) is 5.11. The van der Waals surface area contributed by atoms with Crippen LogP contribution in [0.5, 0.6) is 0 Å². The van der Waals surface area contributed by atoms with Crippen LogP contribution in [0.2, 0.25) is 0 Å². The topological polar surface area (TPSA) is 49.3 Å². The molecule has 0 aliphatic heterocycles. The molecule has 0 aromatic rings. The number of nitrogens with one attached hydrogen (secondary N) is 1. The molecule has 62 valence electrons. The van der Waals surface area contributed by atoms with Crippen molar-refractivity contribution in [2.75, 3.05) is 6.61 Å². The van der Waals surface area contributed by atoms with Gasteiger partial charge in [-0.25, -0.2) is 0 Å². The number of allylic oxidation sites excluding steroid dienone is 1. The van der Waals surface area contributed by atoms with E-state index in [1.807, 2.05) is 6.92 Å². The van der Waals surface area contributed by atoms with Gasteiger partial charge in [-0.15, -0.1) is 0 Å². The lowest BCUT2D eigenvalue weighted by Crippen LogP contribution is -2.34. The summed E-state index contributed by atoms with van der Waals surface area (Å²) in [5, 5.41) is 11.2. The van der Waals surface area contributed by atoms with E-state index in [1.54, 1.807) is 12.2 Å². The van der Waals surface area contributed by atoms with Gasteiger partial charge in [-0.05, 0) is 13.0 Å². The van der Waals surface area contributed by atoms with Crippen LogP contribution in [-0.2, 0) is 4.79 Å². The SMILES string of the molecule is C=CC(=O)NC(/C=C\C)CO. The molecular formula is C8H13NO2. The number of carbonyl (C=O) groups is 1. The molecule has 2 N–H and O–H groups in total. The van der Waals surface area contributed by atoms with Crippen LogP contribution >= 0.6 is 0 Å². The van der Waals surface area contributed by atoms with Crippen LogP contribution in [0.4, 0.5) is 0 Å². The molecule has 1 unspecified atom stereocenters. The van der Waals surface area contributed by atoms with Gasteiger partial charge in [-0.1, -0.05) is 18.7 Å². The van der Waals surface area contributed by atoms with Crippen molar-refractivity contribution < 1.29 is 9.90 Å². The monoisotopic (exact) mass is 155 g/mol. The van der Waals surface area contributed by atoms with E-state index in [-0.39, 0.29) is 18.6 Å². The minimum Gasteiger partial charge on any atom is -0.394 e. The zero-order valence-electron chi connectivity index (χ0n) is 6.58. The smallest absolute Gasteiger partial charge is 0.243 e. The Labute approximate surface area is 66.4 Å². The Bertz CT molecular complexity index is 163. The summed E-state index contributed by atoms with van der Waals surface area (Å²) in [5.41, 5.74) is 0. The van der Waals surface area contributed by atoms with Gasteiger partial charge < -0.3 is 10.4 Å². The minimum absolute atomic E-state index is 0.0933. The standard InChI is InChI=1S/C8H13NO2/c1-3-5-7(6-10)9-8(11)4-2/h3-5,7,10H,2,6H2,1H3,(H,9,11)/b5-3-. The molecule has 0 rings (SSSR count). The molecule has 1 atom stereocenters. The number of carbonyl (C=O) groups excluding carboxylic acids is 1. The molecule has 0 aliphatic rings. The summed E-state index contributed by atoms with van der Waals surface area (Å²) >= 11 is 0. The Hall–Kier alpha value is -1.09. The second-order valence-corrected chi connectivity index (χ2v) is 2.03. The minimum atomic E-state index is -0.300. The predicted molar refractivity (Wildman–Crippen MR) is 44.0 cm³/mol. The highest BCUT2D eigenvalue weighted by Crippen LogP contribution is 1.85. The van der Waals surface area contributed by atoms with Gasteiger partial charge in [-0.3, -0.25) is 4.79 Å². The summed E-state index contributed by atoms with van der Waals surface area (Å²) in [5.74, 6) is -0.276. The lowest BCUT2D eigenvalue weighted by molar-refractivity contribution is -0.117. The number of aliphatic hydroxyl groups excluding tert-OH is 1. The number of amides is 1. The Morgan fingerprint density at radius 3 is 2.82 bits per heavy atom. The first kappa shape index (κ1) is 9.91. The van der Waals surface area contributed by atoms with Crippen LogP contribution < -0.4 is 5.32 Å². The average molecular weight is 155 g/mol. The first-order valence-corrected chi connectivity index (χ1v) is 3.41.